The lowest BCUT2D eigenvalue weighted by Crippen LogP contribution is -2.48. The van der Waals surface area contributed by atoms with Crippen LogP contribution in [0.25, 0.3) is 10.6 Å². The number of amides is 2. The van der Waals surface area contributed by atoms with Crippen LogP contribution in [-0.4, -0.2) is 40.8 Å². The molecule has 1 aliphatic heterocycles. The maximum atomic E-state index is 12.6. The van der Waals surface area contributed by atoms with Crippen molar-refractivity contribution in [3.63, 3.8) is 0 Å². The Labute approximate surface area is 167 Å². The standard InChI is InChI=1S/C20H25N3O2S2/c24-18(17-13-27-19(22-17)15-8-11-26-12-15)21-16-6-9-23(10-7-16)20(25)14-4-2-1-3-5-14/h8,11-14,16H,1-7,9-10H2,(H,21,24). The summed E-state index contributed by atoms with van der Waals surface area (Å²) in [6.07, 6.45) is 7.38. The Kier molecular flexibility index (Phi) is 5.88. The van der Waals surface area contributed by atoms with Crippen LogP contribution in [0.2, 0.25) is 0 Å². The molecule has 4 rings (SSSR count). The molecule has 0 unspecified atom stereocenters. The van der Waals surface area contributed by atoms with E-state index in [9.17, 15) is 9.59 Å². The van der Waals surface area contributed by atoms with Gasteiger partial charge < -0.3 is 10.2 Å². The molecule has 144 valence electrons. The molecule has 2 aromatic rings. The molecular formula is C20H25N3O2S2. The van der Waals surface area contributed by atoms with Gasteiger partial charge in [-0.05, 0) is 37.1 Å². The first-order valence-electron chi connectivity index (χ1n) is 9.78. The van der Waals surface area contributed by atoms with Crippen molar-refractivity contribution in [1.82, 2.24) is 15.2 Å². The van der Waals surface area contributed by atoms with Gasteiger partial charge in [-0.25, -0.2) is 4.98 Å². The maximum absolute atomic E-state index is 12.6. The Balaban J connectivity index is 1.27. The molecule has 1 saturated heterocycles. The summed E-state index contributed by atoms with van der Waals surface area (Å²) in [4.78, 5) is 31.6. The first-order chi connectivity index (χ1) is 13.2. The van der Waals surface area contributed by atoms with Crippen molar-refractivity contribution in [1.29, 1.82) is 0 Å². The molecule has 2 aliphatic rings. The smallest absolute Gasteiger partial charge is 0.270 e. The summed E-state index contributed by atoms with van der Waals surface area (Å²) >= 11 is 3.13. The Bertz CT molecular complexity index is 773. The largest absolute Gasteiger partial charge is 0.348 e. The predicted molar refractivity (Wildman–Crippen MR) is 109 cm³/mol. The molecule has 5 nitrogen and oxygen atoms in total. The molecule has 0 spiro atoms. The average Bonchev–Trinajstić information content (AvgIpc) is 3.40. The molecule has 2 fully saturated rings. The molecule has 2 amide bonds. The van der Waals surface area contributed by atoms with Crippen LogP contribution in [0.5, 0.6) is 0 Å². The van der Waals surface area contributed by atoms with E-state index in [1.165, 1.54) is 30.6 Å². The molecule has 27 heavy (non-hydrogen) atoms. The number of hydrogen-bond donors (Lipinski definition) is 1. The van der Waals surface area contributed by atoms with Gasteiger partial charge in [0.05, 0.1) is 0 Å². The third kappa shape index (κ3) is 4.41. The Morgan fingerprint density at radius 1 is 1.07 bits per heavy atom. The normalized spacial score (nSPS) is 19.2. The number of rotatable bonds is 4. The zero-order valence-corrected chi connectivity index (χ0v) is 17.0. The van der Waals surface area contributed by atoms with Crippen LogP contribution in [0, 0.1) is 5.92 Å². The summed E-state index contributed by atoms with van der Waals surface area (Å²) < 4.78 is 0. The highest BCUT2D eigenvalue weighted by Crippen LogP contribution is 2.27. The number of nitrogens with zero attached hydrogens (tertiary/aromatic N) is 2. The van der Waals surface area contributed by atoms with E-state index in [1.54, 1.807) is 11.3 Å². The molecule has 1 aliphatic carbocycles. The van der Waals surface area contributed by atoms with Crippen LogP contribution in [0.1, 0.15) is 55.4 Å². The number of carbonyl (C=O) groups excluding carboxylic acids is 2. The first-order valence-corrected chi connectivity index (χ1v) is 11.6. The maximum Gasteiger partial charge on any atom is 0.270 e. The van der Waals surface area contributed by atoms with E-state index in [1.807, 2.05) is 27.1 Å². The van der Waals surface area contributed by atoms with Gasteiger partial charge in [-0.15, -0.1) is 11.3 Å². The quantitative estimate of drug-likeness (QED) is 0.833. The van der Waals surface area contributed by atoms with E-state index < -0.39 is 0 Å². The lowest BCUT2D eigenvalue weighted by molar-refractivity contribution is -0.137. The van der Waals surface area contributed by atoms with Gasteiger partial charge in [-0.3, -0.25) is 9.59 Å². The molecule has 0 aromatic carbocycles. The Hall–Kier alpha value is -1.73. The number of thiophene rings is 1. The van der Waals surface area contributed by atoms with Crippen LogP contribution < -0.4 is 5.32 Å². The van der Waals surface area contributed by atoms with Crippen LogP contribution in [-0.2, 0) is 4.79 Å². The van der Waals surface area contributed by atoms with E-state index in [4.69, 9.17) is 0 Å². The number of nitrogens with one attached hydrogen (secondary N) is 1. The SMILES string of the molecule is O=C(NC1CCN(C(=O)C2CCCCC2)CC1)c1csc(-c2ccsc2)n1. The van der Waals surface area contributed by atoms with Gasteiger partial charge in [0, 0.05) is 41.4 Å². The Morgan fingerprint density at radius 3 is 2.56 bits per heavy atom. The van der Waals surface area contributed by atoms with Crippen LogP contribution in [0.15, 0.2) is 22.2 Å². The molecule has 0 bridgehead atoms. The predicted octanol–water partition coefficient (Wildman–Crippen LogP) is 4.17. The van der Waals surface area contributed by atoms with Crippen LogP contribution in [0.3, 0.4) is 0 Å². The van der Waals surface area contributed by atoms with Crippen molar-refractivity contribution in [3.05, 3.63) is 27.9 Å². The lowest BCUT2D eigenvalue weighted by Gasteiger charge is -2.35. The summed E-state index contributed by atoms with van der Waals surface area (Å²) in [6, 6.07) is 2.14. The molecular weight excluding hydrogens is 378 g/mol. The fourth-order valence-corrected chi connectivity index (χ4v) is 5.52. The van der Waals surface area contributed by atoms with Crippen molar-refractivity contribution in [2.45, 2.75) is 51.0 Å². The van der Waals surface area contributed by atoms with Crippen LogP contribution >= 0.6 is 22.7 Å². The van der Waals surface area contributed by atoms with Gasteiger partial charge in [0.25, 0.3) is 5.91 Å². The monoisotopic (exact) mass is 403 g/mol. The fraction of sp³-hybridized carbons (Fsp3) is 0.550. The molecule has 3 heterocycles. The van der Waals surface area contributed by atoms with E-state index in [-0.39, 0.29) is 17.9 Å². The molecule has 7 heteroatoms. The first kappa shape index (κ1) is 18.6. The summed E-state index contributed by atoms with van der Waals surface area (Å²) in [5, 5.41) is 9.86. The summed E-state index contributed by atoms with van der Waals surface area (Å²) in [5.74, 6) is 0.458. The molecule has 0 radical (unpaired) electrons. The zero-order valence-electron chi connectivity index (χ0n) is 15.4. The minimum absolute atomic E-state index is 0.107. The fourth-order valence-electron chi connectivity index (χ4n) is 4.01. The minimum Gasteiger partial charge on any atom is -0.348 e. The van der Waals surface area contributed by atoms with Crippen molar-refractivity contribution in [2.24, 2.45) is 5.92 Å². The zero-order chi connectivity index (χ0) is 18.6. The molecule has 2 aromatic heterocycles. The number of likely N-dealkylation sites (tertiary alicyclic amines) is 1. The molecule has 1 saturated carbocycles. The summed E-state index contributed by atoms with van der Waals surface area (Å²) in [6.45, 7) is 1.50. The summed E-state index contributed by atoms with van der Waals surface area (Å²) in [7, 11) is 0. The third-order valence-corrected chi connectivity index (χ3v) is 7.18. The lowest BCUT2D eigenvalue weighted by atomic mass is 9.87. The van der Waals surface area contributed by atoms with Gasteiger partial charge in [0.2, 0.25) is 5.91 Å². The number of hydrogen-bond acceptors (Lipinski definition) is 5. The van der Waals surface area contributed by atoms with Gasteiger partial charge in [0.15, 0.2) is 0 Å². The highest BCUT2D eigenvalue weighted by molar-refractivity contribution is 7.14. The van der Waals surface area contributed by atoms with E-state index >= 15 is 0 Å². The topological polar surface area (TPSA) is 62.3 Å². The van der Waals surface area contributed by atoms with Gasteiger partial charge in [-0.1, -0.05) is 19.3 Å². The second-order valence-electron chi connectivity index (χ2n) is 7.46. The average molecular weight is 404 g/mol. The van der Waals surface area contributed by atoms with Crippen molar-refractivity contribution in [2.75, 3.05) is 13.1 Å². The second kappa shape index (κ2) is 8.52. The molecule has 0 atom stereocenters. The highest BCUT2D eigenvalue weighted by atomic mass is 32.1. The second-order valence-corrected chi connectivity index (χ2v) is 9.10. The van der Waals surface area contributed by atoms with Gasteiger partial charge in [0.1, 0.15) is 10.7 Å². The third-order valence-electron chi connectivity index (χ3n) is 5.60. The number of aromatic nitrogens is 1. The Morgan fingerprint density at radius 2 is 1.85 bits per heavy atom. The van der Waals surface area contributed by atoms with Gasteiger partial charge >= 0.3 is 0 Å². The number of thiazole rings is 1. The summed E-state index contributed by atoms with van der Waals surface area (Å²) in [5.41, 5.74) is 1.56. The minimum atomic E-state index is -0.107. The molecule has 1 N–H and O–H groups in total. The van der Waals surface area contributed by atoms with Crippen molar-refractivity contribution >= 4 is 34.5 Å². The highest BCUT2D eigenvalue weighted by Gasteiger charge is 2.29. The van der Waals surface area contributed by atoms with E-state index in [2.05, 4.69) is 10.3 Å². The van der Waals surface area contributed by atoms with Crippen molar-refractivity contribution in [3.8, 4) is 10.6 Å². The van der Waals surface area contributed by atoms with Crippen molar-refractivity contribution < 1.29 is 9.59 Å². The van der Waals surface area contributed by atoms with E-state index in [0.29, 0.717) is 11.6 Å². The van der Waals surface area contributed by atoms with Crippen LogP contribution in [0.4, 0.5) is 0 Å². The van der Waals surface area contributed by atoms with E-state index in [0.717, 1.165) is 49.3 Å². The number of carbonyl (C=O) groups is 2. The van der Waals surface area contributed by atoms with Gasteiger partial charge in [-0.2, -0.15) is 11.3 Å². The number of piperidine rings is 1.